The zero-order valence-electron chi connectivity index (χ0n) is 11.4. The van der Waals surface area contributed by atoms with Gasteiger partial charge in [-0.15, -0.1) is 0 Å². The Bertz CT molecular complexity index is 705. The van der Waals surface area contributed by atoms with E-state index in [9.17, 15) is 17.2 Å². The lowest BCUT2D eigenvalue weighted by Crippen LogP contribution is -2.11. The van der Waals surface area contributed by atoms with E-state index in [1.807, 2.05) is 6.92 Å². The van der Waals surface area contributed by atoms with Crippen LogP contribution in [-0.4, -0.2) is 19.2 Å². The van der Waals surface area contributed by atoms with Crippen molar-refractivity contribution >= 4 is 15.5 Å². The third-order valence-corrected chi connectivity index (χ3v) is 4.33. The lowest BCUT2D eigenvalue weighted by molar-refractivity contribution is 0.234. The second kappa shape index (κ2) is 5.80. The summed E-state index contributed by atoms with van der Waals surface area (Å²) >= 11 is 0. The highest BCUT2D eigenvalue weighted by molar-refractivity contribution is 7.91. The smallest absolute Gasteiger partial charge is 0.341 e. The molecule has 0 fully saturated rings. The highest BCUT2D eigenvalue weighted by Crippen LogP contribution is 2.20. The van der Waals surface area contributed by atoms with Crippen LogP contribution in [0.5, 0.6) is 0 Å². The van der Waals surface area contributed by atoms with Crippen molar-refractivity contribution < 1.29 is 21.6 Å². The number of nitrogens with one attached hydrogen (secondary N) is 1. The second-order valence-corrected chi connectivity index (χ2v) is 6.35. The van der Waals surface area contributed by atoms with Crippen LogP contribution in [0.1, 0.15) is 17.3 Å². The molecule has 0 aliphatic heterocycles. The van der Waals surface area contributed by atoms with Gasteiger partial charge in [-0.1, -0.05) is 0 Å². The quantitative estimate of drug-likeness (QED) is 0.918. The summed E-state index contributed by atoms with van der Waals surface area (Å²) in [6.45, 7) is 3.94. The van der Waals surface area contributed by atoms with Gasteiger partial charge in [-0.3, -0.25) is 0 Å². The third-order valence-electron chi connectivity index (χ3n) is 2.93. The summed E-state index contributed by atoms with van der Waals surface area (Å²) in [5, 5.41) is 2.97. The van der Waals surface area contributed by atoms with E-state index >= 15 is 0 Å². The number of alkyl halides is 2. The standard InChI is InChI=1S/C13H14F2N2O3S/c1-8-9(2)20-12(17-8)7-16-10-3-5-11(6-4-10)21(18,19)13(14)15/h3-6,13,16H,7H2,1-2H3. The largest absolute Gasteiger partial charge is 0.444 e. The zero-order valence-corrected chi connectivity index (χ0v) is 12.2. The molecule has 0 radical (unpaired) electrons. The van der Waals surface area contributed by atoms with Crippen molar-refractivity contribution in [1.82, 2.24) is 4.98 Å². The number of hydrogen-bond donors (Lipinski definition) is 1. The molecule has 0 bridgehead atoms. The molecule has 1 N–H and O–H groups in total. The molecule has 1 heterocycles. The highest BCUT2D eigenvalue weighted by atomic mass is 32.2. The van der Waals surface area contributed by atoms with Crippen LogP contribution in [0.15, 0.2) is 33.6 Å². The fraction of sp³-hybridized carbons (Fsp3) is 0.308. The molecule has 0 aliphatic carbocycles. The number of aryl methyl sites for hydroxylation is 2. The monoisotopic (exact) mass is 316 g/mol. The normalized spacial score (nSPS) is 11.9. The Kier molecular flexibility index (Phi) is 4.26. The van der Waals surface area contributed by atoms with Crippen molar-refractivity contribution in [2.24, 2.45) is 0 Å². The molecular weight excluding hydrogens is 302 g/mol. The van der Waals surface area contributed by atoms with E-state index in [1.54, 1.807) is 6.92 Å². The number of halogens is 2. The number of aromatic nitrogens is 1. The summed E-state index contributed by atoms with van der Waals surface area (Å²) in [6.07, 6.45) is 0. The predicted molar refractivity (Wildman–Crippen MR) is 72.9 cm³/mol. The van der Waals surface area contributed by atoms with Crippen molar-refractivity contribution in [2.75, 3.05) is 5.32 Å². The number of hydrogen-bond acceptors (Lipinski definition) is 5. The van der Waals surface area contributed by atoms with Crippen LogP contribution in [0.2, 0.25) is 0 Å². The summed E-state index contributed by atoms with van der Waals surface area (Å²) < 4.78 is 52.7. The summed E-state index contributed by atoms with van der Waals surface area (Å²) in [5.74, 6) is -2.20. The fourth-order valence-corrected chi connectivity index (χ4v) is 2.38. The first-order chi connectivity index (χ1) is 9.80. The number of nitrogens with zero attached hydrogens (tertiary/aromatic N) is 1. The lowest BCUT2D eigenvalue weighted by atomic mass is 10.3. The molecule has 0 atom stereocenters. The van der Waals surface area contributed by atoms with Gasteiger partial charge in [-0.2, -0.15) is 8.78 Å². The maximum absolute atomic E-state index is 12.4. The molecule has 5 nitrogen and oxygen atoms in total. The molecule has 1 aromatic heterocycles. The van der Waals surface area contributed by atoms with E-state index in [1.165, 1.54) is 12.1 Å². The molecule has 0 saturated carbocycles. The van der Waals surface area contributed by atoms with Crippen molar-refractivity contribution in [2.45, 2.75) is 31.0 Å². The molecule has 0 spiro atoms. The molecule has 21 heavy (non-hydrogen) atoms. The Morgan fingerprint density at radius 2 is 1.86 bits per heavy atom. The Labute approximate surface area is 120 Å². The van der Waals surface area contributed by atoms with E-state index in [-0.39, 0.29) is 0 Å². The van der Waals surface area contributed by atoms with Crippen molar-refractivity contribution in [3.8, 4) is 0 Å². The molecule has 1 aromatic carbocycles. The van der Waals surface area contributed by atoms with Crippen LogP contribution < -0.4 is 5.32 Å². The molecule has 2 rings (SSSR count). The highest BCUT2D eigenvalue weighted by Gasteiger charge is 2.26. The number of anilines is 1. The number of rotatable bonds is 5. The van der Waals surface area contributed by atoms with Gasteiger partial charge in [-0.05, 0) is 38.1 Å². The Morgan fingerprint density at radius 1 is 1.24 bits per heavy atom. The van der Waals surface area contributed by atoms with E-state index in [2.05, 4.69) is 10.3 Å². The van der Waals surface area contributed by atoms with Crippen LogP contribution in [0.3, 0.4) is 0 Å². The number of benzene rings is 1. The third kappa shape index (κ3) is 3.38. The average Bonchev–Trinajstić information content (AvgIpc) is 2.76. The van der Waals surface area contributed by atoms with Gasteiger partial charge in [0.05, 0.1) is 17.1 Å². The Balaban J connectivity index is 2.06. The average molecular weight is 316 g/mol. The molecule has 2 aromatic rings. The Hall–Kier alpha value is -1.96. The maximum atomic E-state index is 12.4. The van der Waals surface area contributed by atoms with E-state index in [0.29, 0.717) is 18.1 Å². The van der Waals surface area contributed by atoms with Crippen LogP contribution in [0.25, 0.3) is 0 Å². The van der Waals surface area contributed by atoms with E-state index in [0.717, 1.165) is 23.6 Å². The topological polar surface area (TPSA) is 72.2 Å². The molecule has 0 amide bonds. The summed E-state index contributed by atoms with van der Waals surface area (Å²) in [7, 11) is -4.56. The van der Waals surface area contributed by atoms with Crippen LogP contribution >= 0.6 is 0 Å². The van der Waals surface area contributed by atoms with Gasteiger partial charge in [0.25, 0.3) is 0 Å². The van der Waals surface area contributed by atoms with Gasteiger partial charge in [-0.25, -0.2) is 13.4 Å². The molecule has 114 valence electrons. The first kappa shape index (κ1) is 15.4. The first-order valence-electron chi connectivity index (χ1n) is 6.09. The van der Waals surface area contributed by atoms with Crippen molar-refractivity contribution in [3.63, 3.8) is 0 Å². The van der Waals surface area contributed by atoms with Gasteiger partial charge in [0.15, 0.2) is 0 Å². The van der Waals surface area contributed by atoms with E-state index in [4.69, 9.17) is 4.42 Å². The SMILES string of the molecule is Cc1nc(CNc2ccc(S(=O)(=O)C(F)F)cc2)oc1C. The fourth-order valence-electron chi connectivity index (χ4n) is 1.66. The van der Waals surface area contributed by atoms with E-state index < -0.39 is 20.5 Å². The number of sulfone groups is 1. The summed E-state index contributed by atoms with van der Waals surface area (Å²) in [5.41, 5.74) is 1.38. The van der Waals surface area contributed by atoms with Crippen LogP contribution in [0, 0.1) is 13.8 Å². The minimum atomic E-state index is -4.56. The molecule has 0 saturated heterocycles. The van der Waals surface area contributed by atoms with Gasteiger partial charge in [0.1, 0.15) is 5.76 Å². The zero-order chi connectivity index (χ0) is 15.6. The minimum absolute atomic E-state index is 0.315. The van der Waals surface area contributed by atoms with Gasteiger partial charge >= 0.3 is 5.76 Å². The predicted octanol–water partition coefficient (Wildman–Crippen LogP) is 2.90. The molecular formula is C13H14F2N2O3S. The van der Waals surface area contributed by atoms with Gasteiger partial charge < -0.3 is 9.73 Å². The minimum Gasteiger partial charge on any atom is -0.444 e. The molecule has 0 unspecified atom stereocenters. The van der Waals surface area contributed by atoms with Crippen molar-refractivity contribution in [3.05, 3.63) is 41.6 Å². The molecule has 0 aliphatic rings. The number of oxazole rings is 1. The van der Waals surface area contributed by atoms with Gasteiger partial charge in [0, 0.05) is 5.69 Å². The van der Waals surface area contributed by atoms with Crippen LogP contribution in [0.4, 0.5) is 14.5 Å². The second-order valence-electron chi connectivity index (χ2n) is 4.43. The summed E-state index contributed by atoms with van der Waals surface area (Å²) in [6, 6.07) is 5.10. The summed E-state index contributed by atoms with van der Waals surface area (Å²) in [4.78, 5) is 3.77. The Morgan fingerprint density at radius 3 is 2.33 bits per heavy atom. The lowest BCUT2D eigenvalue weighted by Gasteiger charge is -2.06. The molecule has 8 heteroatoms. The van der Waals surface area contributed by atoms with Gasteiger partial charge in [0.2, 0.25) is 15.7 Å². The first-order valence-corrected chi connectivity index (χ1v) is 7.64. The van der Waals surface area contributed by atoms with Crippen molar-refractivity contribution in [1.29, 1.82) is 0 Å². The van der Waals surface area contributed by atoms with Crippen LogP contribution in [-0.2, 0) is 16.4 Å². The maximum Gasteiger partial charge on any atom is 0.341 e.